The number of hydrogen-bond acceptors (Lipinski definition) is 6. The van der Waals surface area contributed by atoms with Gasteiger partial charge in [0.1, 0.15) is 16.5 Å². The predicted molar refractivity (Wildman–Crippen MR) is 88.0 cm³/mol. The Morgan fingerprint density at radius 1 is 1.27 bits per heavy atom. The number of thiazole rings is 1. The smallest absolute Gasteiger partial charge is 0.146 e. The monoisotopic (exact) mass is 318 g/mol. The van der Waals surface area contributed by atoms with Crippen molar-refractivity contribution in [2.24, 2.45) is 0 Å². The van der Waals surface area contributed by atoms with Crippen LogP contribution in [0, 0.1) is 13.8 Å². The summed E-state index contributed by atoms with van der Waals surface area (Å²) in [6, 6.07) is 2.25. The molecule has 1 unspecified atom stereocenters. The van der Waals surface area contributed by atoms with Crippen LogP contribution >= 0.6 is 11.3 Å². The third kappa shape index (κ3) is 3.34. The fourth-order valence-corrected chi connectivity index (χ4v) is 3.81. The van der Waals surface area contributed by atoms with E-state index >= 15 is 0 Å². The lowest BCUT2D eigenvalue weighted by molar-refractivity contribution is 0.300. The van der Waals surface area contributed by atoms with Crippen LogP contribution in [0.1, 0.15) is 47.4 Å². The summed E-state index contributed by atoms with van der Waals surface area (Å²) in [4.78, 5) is 15.1. The lowest BCUT2D eigenvalue weighted by Gasteiger charge is -2.22. The van der Waals surface area contributed by atoms with Crippen molar-refractivity contribution in [1.82, 2.24) is 20.3 Å². The maximum Gasteiger partial charge on any atom is 0.146 e. The third-order valence-electron chi connectivity index (χ3n) is 3.94. The Kier molecular flexibility index (Phi) is 4.81. The van der Waals surface area contributed by atoms with Crippen molar-refractivity contribution in [2.45, 2.75) is 45.6 Å². The summed E-state index contributed by atoms with van der Waals surface area (Å²) in [6.45, 7) is 5.19. The standard InChI is InChI=1S/C16H22N4OS/c1-10-9-13(16-19-11(2)14(22-16)6-8-21)20-15(18-10)12-5-3-4-7-17-12/h9,12,17,21H,3-8H2,1-2H3. The number of rotatable bonds is 4. The largest absolute Gasteiger partial charge is 0.396 e. The van der Waals surface area contributed by atoms with Gasteiger partial charge in [-0.2, -0.15) is 0 Å². The molecule has 22 heavy (non-hydrogen) atoms. The van der Waals surface area contributed by atoms with Crippen molar-refractivity contribution in [3.63, 3.8) is 0 Å². The van der Waals surface area contributed by atoms with Crippen LogP contribution in [0.25, 0.3) is 10.7 Å². The Morgan fingerprint density at radius 3 is 2.86 bits per heavy atom. The molecule has 1 atom stereocenters. The molecular weight excluding hydrogens is 296 g/mol. The average molecular weight is 318 g/mol. The highest BCUT2D eigenvalue weighted by Gasteiger charge is 2.19. The fraction of sp³-hybridized carbons (Fsp3) is 0.562. The first-order valence-corrected chi connectivity index (χ1v) is 8.65. The molecule has 0 amide bonds. The van der Waals surface area contributed by atoms with Gasteiger partial charge in [0.25, 0.3) is 0 Å². The molecule has 0 aromatic carbocycles. The van der Waals surface area contributed by atoms with E-state index in [4.69, 9.17) is 10.1 Å². The Bertz CT molecular complexity index is 650. The maximum absolute atomic E-state index is 9.13. The summed E-state index contributed by atoms with van der Waals surface area (Å²) < 4.78 is 0. The molecule has 0 saturated carbocycles. The van der Waals surface area contributed by atoms with Crippen molar-refractivity contribution in [1.29, 1.82) is 0 Å². The molecule has 2 N–H and O–H groups in total. The molecule has 0 bridgehead atoms. The molecule has 2 aromatic rings. The van der Waals surface area contributed by atoms with Crippen molar-refractivity contribution in [3.8, 4) is 10.7 Å². The zero-order valence-corrected chi connectivity index (χ0v) is 13.9. The summed E-state index contributed by atoms with van der Waals surface area (Å²) in [5.41, 5.74) is 2.86. The molecule has 0 radical (unpaired) electrons. The van der Waals surface area contributed by atoms with E-state index in [0.717, 1.165) is 45.8 Å². The summed E-state index contributed by atoms with van der Waals surface area (Å²) >= 11 is 1.62. The second kappa shape index (κ2) is 6.81. The Hall–Kier alpha value is -1.37. The number of nitrogens with one attached hydrogen (secondary N) is 1. The molecule has 1 saturated heterocycles. The second-order valence-corrected chi connectivity index (χ2v) is 6.84. The highest BCUT2D eigenvalue weighted by atomic mass is 32.1. The van der Waals surface area contributed by atoms with E-state index in [1.165, 1.54) is 12.8 Å². The number of aryl methyl sites for hydroxylation is 2. The number of hydrogen-bond donors (Lipinski definition) is 2. The zero-order chi connectivity index (χ0) is 15.5. The normalized spacial score (nSPS) is 18.6. The van der Waals surface area contributed by atoms with Crippen LogP contribution in [-0.4, -0.2) is 33.2 Å². The molecule has 5 nitrogen and oxygen atoms in total. The third-order valence-corrected chi connectivity index (χ3v) is 5.18. The van der Waals surface area contributed by atoms with Gasteiger partial charge >= 0.3 is 0 Å². The maximum atomic E-state index is 9.13. The minimum atomic E-state index is 0.155. The number of aromatic nitrogens is 3. The molecule has 2 aromatic heterocycles. The van der Waals surface area contributed by atoms with Crippen molar-refractivity contribution < 1.29 is 5.11 Å². The first-order chi connectivity index (χ1) is 10.7. The summed E-state index contributed by atoms with van der Waals surface area (Å²) in [7, 11) is 0. The van der Waals surface area contributed by atoms with E-state index in [2.05, 4.69) is 15.3 Å². The van der Waals surface area contributed by atoms with Gasteiger partial charge in [0.2, 0.25) is 0 Å². The van der Waals surface area contributed by atoms with Gasteiger partial charge in [0, 0.05) is 23.6 Å². The van der Waals surface area contributed by atoms with E-state index in [0.29, 0.717) is 6.42 Å². The quantitative estimate of drug-likeness (QED) is 0.906. The molecular formula is C16H22N4OS. The van der Waals surface area contributed by atoms with Crippen LogP contribution in [0.15, 0.2) is 6.07 Å². The van der Waals surface area contributed by atoms with Gasteiger partial charge in [-0.25, -0.2) is 15.0 Å². The molecule has 0 aliphatic carbocycles. The summed E-state index contributed by atoms with van der Waals surface area (Å²) in [5.74, 6) is 0.881. The van der Waals surface area contributed by atoms with E-state index in [9.17, 15) is 0 Å². The van der Waals surface area contributed by atoms with Gasteiger partial charge < -0.3 is 10.4 Å². The molecule has 3 heterocycles. The van der Waals surface area contributed by atoms with Crippen LogP contribution < -0.4 is 5.32 Å². The minimum absolute atomic E-state index is 0.155. The second-order valence-electron chi connectivity index (χ2n) is 5.76. The minimum Gasteiger partial charge on any atom is -0.396 e. The highest BCUT2D eigenvalue weighted by Crippen LogP contribution is 2.29. The predicted octanol–water partition coefficient (Wildman–Crippen LogP) is 2.57. The molecule has 3 rings (SSSR count). The number of aliphatic hydroxyl groups is 1. The molecule has 6 heteroatoms. The van der Waals surface area contributed by atoms with Gasteiger partial charge in [0.05, 0.1) is 11.7 Å². The SMILES string of the molecule is Cc1cc(-c2nc(C)c(CCO)s2)nc(C2CCCCN2)n1. The Labute approximate surface area is 134 Å². The summed E-state index contributed by atoms with van der Waals surface area (Å²) in [6.07, 6.45) is 4.20. The van der Waals surface area contributed by atoms with Crippen LogP contribution in [0.2, 0.25) is 0 Å². The topological polar surface area (TPSA) is 70.9 Å². The Morgan fingerprint density at radius 2 is 2.14 bits per heavy atom. The first kappa shape index (κ1) is 15.5. The van der Waals surface area contributed by atoms with E-state index in [1.807, 2.05) is 19.9 Å². The van der Waals surface area contributed by atoms with Gasteiger partial charge in [-0.05, 0) is 39.3 Å². The van der Waals surface area contributed by atoms with Crippen LogP contribution in [0.4, 0.5) is 0 Å². The molecule has 1 aliphatic heterocycles. The van der Waals surface area contributed by atoms with Crippen LogP contribution in [-0.2, 0) is 6.42 Å². The van der Waals surface area contributed by atoms with E-state index in [-0.39, 0.29) is 12.6 Å². The number of aliphatic hydroxyl groups excluding tert-OH is 1. The van der Waals surface area contributed by atoms with E-state index in [1.54, 1.807) is 11.3 Å². The molecule has 1 fully saturated rings. The lowest BCUT2D eigenvalue weighted by atomic mass is 10.0. The lowest BCUT2D eigenvalue weighted by Crippen LogP contribution is -2.28. The zero-order valence-electron chi connectivity index (χ0n) is 13.1. The molecule has 1 aliphatic rings. The van der Waals surface area contributed by atoms with Crippen LogP contribution in [0.3, 0.4) is 0 Å². The van der Waals surface area contributed by atoms with Gasteiger partial charge in [-0.3, -0.25) is 0 Å². The van der Waals surface area contributed by atoms with E-state index < -0.39 is 0 Å². The summed E-state index contributed by atoms with van der Waals surface area (Å²) in [5, 5.41) is 13.6. The number of nitrogens with zero attached hydrogens (tertiary/aromatic N) is 3. The fourth-order valence-electron chi connectivity index (χ4n) is 2.80. The van der Waals surface area contributed by atoms with Gasteiger partial charge in [0.15, 0.2) is 0 Å². The average Bonchev–Trinajstić information content (AvgIpc) is 2.89. The van der Waals surface area contributed by atoms with Crippen LogP contribution in [0.5, 0.6) is 0 Å². The van der Waals surface area contributed by atoms with Crippen molar-refractivity contribution in [2.75, 3.05) is 13.2 Å². The molecule has 0 spiro atoms. The number of piperidine rings is 1. The highest BCUT2D eigenvalue weighted by molar-refractivity contribution is 7.15. The molecule has 118 valence electrons. The van der Waals surface area contributed by atoms with Gasteiger partial charge in [-0.15, -0.1) is 11.3 Å². The Balaban J connectivity index is 1.93. The van der Waals surface area contributed by atoms with Crippen molar-refractivity contribution in [3.05, 3.63) is 28.2 Å². The van der Waals surface area contributed by atoms with Crippen molar-refractivity contribution >= 4 is 11.3 Å². The first-order valence-electron chi connectivity index (χ1n) is 7.84. The van der Waals surface area contributed by atoms with Gasteiger partial charge in [-0.1, -0.05) is 6.42 Å².